The van der Waals surface area contributed by atoms with Gasteiger partial charge < -0.3 is 5.11 Å². The Morgan fingerprint density at radius 2 is 2.32 bits per heavy atom. The van der Waals surface area contributed by atoms with E-state index >= 15 is 0 Å². The van der Waals surface area contributed by atoms with Crippen molar-refractivity contribution in [2.75, 3.05) is 13.1 Å². The van der Waals surface area contributed by atoms with Gasteiger partial charge >= 0.3 is 5.97 Å². The predicted octanol–water partition coefficient (Wildman–Crippen LogP) is 3.23. The number of carboxylic acids is 1. The van der Waals surface area contributed by atoms with Gasteiger partial charge in [0.25, 0.3) is 0 Å². The van der Waals surface area contributed by atoms with Gasteiger partial charge in [-0.1, -0.05) is 28.1 Å². The maximum atomic E-state index is 11.3. The van der Waals surface area contributed by atoms with Crippen molar-refractivity contribution in [2.45, 2.75) is 32.2 Å². The van der Waals surface area contributed by atoms with E-state index in [1.807, 2.05) is 6.92 Å². The second-order valence-electron chi connectivity index (χ2n) is 5.95. The lowest BCUT2D eigenvalue weighted by molar-refractivity contribution is -0.147. The summed E-state index contributed by atoms with van der Waals surface area (Å²) < 4.78 is 1.19. The maximum Gasteiger partial charge on any atom is 0.310 e. The zero-order chi connectivity index (χ0) is 13.6. The molecule has 1 aliphatic heterocycles. The highest BCUT2D eigenvalue weighted by atomic mass is 79.9. The van der Waals surface area contributed by atoms with Gasteiger partial charge in [-0.15, -0.1) is 0 Å². The van der Waals surface area contributed by atoms with E-state index in [9.17, 15) is 9.90 Å². The van der Waals surface area contributed by atoms with Gasteiger partial charge in [0.1, 0.15) is 0 Å². The van der Waals surface area contributed by atoms with Crippen LogP contribution in [0.4, 0.5) is 0 Å². The minimum absolute atomic E-state index is 0.397. The van der Waals surface area contributed by atoms with Crippen LogP contribution in [0, 0.1) is 5.41 Å². The van der Waals surface area contributed by atoms with Gasteiger partial charge in [0.05, 0.1) is 5.41 Å². The van der Waals surface area contributed by atoms with Crippen LogP contribution in [0.5, 0.6) is 0 Å². The average Bonchev–Trinajstić information content (AvgIpc) is 2.94. The lowest BCUT2D eigenvalue weighted by Gasteiger charge is -2.26. The highest BCUT2D eigenvalue weighted by molar-refractivity contribution is 9.10. The number of likely N-dealkylation sites (tertiary alicyclic amines) is 1. The molecule has 1 fully saturated rings. The van der Waals surface area contributed by atoms with Crippen molar-refractivity contribution in [3.05, 3.63) is 33.8 Å². The smallest absolute Gasteiger partial charge is 0.310 e. The fourth-order valence-electron chi connectivity index (χ4n) is 3.40. The van der Waals surface area contributed by atoms with Gasteiger partial charge in [-0.3, -0.25) is 9.69 Å². The molecule has 1 N–H and O–H groups in total. The third-order valence-electron chi connectivity index (χ3n) is 4.64. The maximum absolute atomic E-state index is 11.3. The van der Waals surface area contributed by atoms with E-state index in [0.29, 0.717) is 12.6 Å². The Hall–Kier alpha value is -0.870. The molecule has 2 atom stereocenters. The summed E-state index contributed by atoms with van der Waals surface area (Å²) in [6.07, 6.45) is 2.94. The van der Waals surface area contributed by atoms with E-state index in [-0.39, 0.29) is 0 Å². The van der Waals surface area contributed by atoms with Gasteiger partial charge in [0, 0.05) is 17.1 Å². The molecule has 1 saturated heterocycles. The number of halogens is 1. The molecule has 19 heavy (non-hydrogen) atoms. The normalized spacial score (nSPS) is 30.5. The van der Waals surface area contributed by atoms with Gasteiger partial charge in [-0.05, 0) is 49.9 Å². The first-order chi connectivity index (χ1) is 9.01. The van der Waals surface area contributed by atoms with Crippen molar-refractivity contribution in [1.82, 2.24) is 4.90 Å². The van der Waals surface area contributed by atoms with E-state index in [0.717, 1.165) is 25.8 Å². The van der Waals surface area contributed by atoms with Crippen molar-refractivity contribution in [2.24, 2.45) is 5.41 Å². The summed E-state index contributed by atoms with van der Waals surface area (Å²) in [6.45, 7) is 3.42. The molecule has 0 aromatic heterocycles. The van der Waals surface area contributed by atoms with Crippen LogP contribution in [0.15, 0.2) is 22.7 Å². The first kappa shape index (κ1) is 13.1. The summed E-state index contributed by atoms with van der Waals surface area (Å²) in [5.41, 5.74) is 2.20. The van der Waals surface area contributed by atoms with Crippen molar-refractivity contribution in [1.29, 1.82) is 0 Å². The number of hydrogen-bond acceptors (Lipinski definition) is 2. The van der Waals surface area contributed by atoms with Crippen LogP contribution in [0.3, 0.4) is 0 Å². The summed E-state index contributed by atoms with van der Waals surface area (Å²) in [4.78, 5) is 13.7. The first-order valence-corrected chi connectivity index (χ1v) is 7.55. The molecule has 1 aromatic rings. The molecule has 0 saturated carbocycles. The van der Waals surface area contributed by atoms with Gasteiger partial charge in [-0.2, -0.15) is 0 Å². The topological polar surface area (TPSA) is 40.5 Å². The van der Waals surface area contributed by atoms with E-state index < -0.39 is 11.4 Å². The average molecular weight is 324 g/mol. The van der Waals surface area contributed by atoms with Gasteiger partial charge in [-0.25, -0.2) is 0 Å². The summed E-state index contributed by atoms with van der Waals surface area (Å²) >= 11 is 3.62. The summed E-state index contributed by atoms with van der Waals surface area (Å²) in [5, 5.41) is 9.34. The number of aliphatic carboxylic acids is 1. The molecule has 102 valence electrons. The predicted molar refractivity (Wildman–Crippen MR) is 77.1 cm³/mol. The molecular weight excluding hydrogens is 306 g/mol. The summed E-state index contributed by atoms with van der Waals surface area (Å²) in [6, 6.07) is 6.75. The number of carboxylic acid groups (broad SMARTS) is 1. The fraction of sp³-hybridized carbons (Fsp3) is 0.533. The van der Waals surface area contributed by atoms with Crippen LogP contribution < -0.4 is 0 Å². The van der Waals surface area contributed by atoms with Crippen LogP contribution >= 0.6 is 15.9 Å². The lowest BCUT2D eigenvalue weighted by Crippen LogP contribution is -2.33. The molecule has 0 spiro atoms. The number of carbonyl (C=O) groups is 1. The van der Waals surface area contributed by atoms with Crippen molar-refractivity contribution in [3.8, 4) is 0 Å². The Morgan fingerprint density at radius 3 is 3.00 bits per heavy atom. The Balaban J connectivity index is 1.84. The van der Waals surface area contributed by atoms with E-state index in [4.69, 9.17) is 0 Å². The quantitative estimate of drug-likeness (QED) is 0.908. The van der Waals surface area contributed by atoms with Crippen LogP contribution in [-0.4, -0.2) is 29.1 Å². The number of benzene rings is 1. The lowest BCUT2D eigenvalue weighted by atomic mass is 9.90. The Morgan fingerprint density at radius 1 is 1.53 bits per heavy atom. The van der Waals surface area contributed by atoms with Crippen molar-refractivity contribution >= 4 is 21.9 Å². The number of rotatable bonds is 2. The number of nitrogens with zero attached hydrogens (tertiary/aromatic N) is 1. The highest BCUT2D eigenvalue weighted by Gasteiger charge is 2.43. The summed E-state index contributed by atoms with van der Waals surface area (Å²) in [7, 11) is 0. The standard InChI is InChI=1S/C15H18BrNO2/c1-15(14(18)19)7-8-17(9-15)13-6-5-10-11(13)3-2-4-12(10)16/h2-4,13H,5-9H2,1H3,(H,18,19). The highest BCUT2D eigenvalue weighted by Crippen LogP contribution is 2.43. The van der Waals surface area contributed by atoms with Crippen LogP contribution in [0.1, 0.15) is 36.9 Å². The Kier molecular flexibility index (Phi) is 3.18. The molecule has 0 amide bonds. The third-order valence-corrected chi connectivity index (χ3v) is 5.38. The summed E-state index contributed by atoms with van der Waals surface area (Å²) in [5.74, 6) is -0.664. The third kappa shape index (κ3) is 2.11. The molecule has 4 heteroatoms. The monoisotopic (exact) mass is 323 g/mol. The zero-order valence-electron chi connectivity index (χ0n) is 11.0. The largest absolute Gasteiger partial charge is 0.481 e. The van der Waals surface area contributed by atoms with Gasteiger partial charge in [0.15, 0.2) is 0 Å². The van der Waals surface area contributed by atoms with Crippen LogP contribution in [0.2, 0.25) is 0 Å². The number of fused-ring (bicyclic) bond motifs is 1. The molecule has 0 radical (unpaired) electrons. The van der Waals surface area contributed by atoms with Crippen molar-refractivity contribution < 1.29 is 9.90 Å². The Bertz CT molecular complexity index is 531. The first-order valence-electron chi connectivity index (χ1n) is 6.76. The molecular formula is C15H18BrNO2. The fourth-order valence-corrected chi connectivity index (χ4v) is 3.98. The molecule has 3 nitrogen and oxygen atoms in total. The zero-order valence-corrected chi connectivity index (χ0v) is 12.6. The molecule has 1 heterocycles. The molecule has 1 aliphatic carbocycles. The number of hydrogen-bond donors (Lipinski definition) is 1. The van der Waals surface area contributed by atoms with Crippen molar-refractivity contribution in [3.63, 3.8) is 0 Å². The van der Waals surface area contributed by atoms with Crippen LogP contribution in [-0.2, 0) is 11.2 Å². The minimum Gasteiger partial charge on any atom is -0.481 e. The molecule has 3 rings (SSSR count). The molecule has 1 aromatic carbocycles. The van der Waals surface area contributed by atoms with E-state index in [1.165, 1.54) is 15.6 Å². The second kappa shape index (κ2) is 4.60. The minimum atomic E-state index is -0.664. The Labute approximate surface area is 121 Å². The van der Waals surface area contributed by atoms with Crippen LogP contribution in [0.25, 0.3) is 0 Å². The van der Waals surface area contributed by atoms with E-state index in [1.54, 1.807) is 0 Å². The SMILES string of the molecule is CC1(C(=O)O)CCN(C2CCc3c(Br)cccc32)C1. The molecule has 2 unspecified atom stereocenters. The van der Waals surface area contributed by atoms with E-state index in [2.05, 4.69) is 39.0 Å². The van der Waals surface area contributed by atoms with Gasteiger partial charge in [0.2, 0.25) is 0 Å². The second-order valence-corrected chi connectivity index (χ2v) is 6.80. The molecule has 2 aliphatic rings. The molecule has 0 bridgehead atoms.